The summed E-state index contributed by atoms with van der Waals surface area (Å²) in [6.45, 7) is 3.98. The minimum atomic E-state index is -0.663. The molecule has 0 aliphatic rings. The molecule has 2 amide bonds. The average molecular weight is 395 g/mol. The smallest absolute Gasteiger partial charge is 0.407 e. The number of fused-ring (bicyclic) bond motifs is 1. The van der Waals surface area contributed by atoms with E-state index in [-0.39, 0.29) is 11.8 Å². The molecule has 0 bridgehead atoms. The maximum Gasteiger partial charge on any atom is 0.407 e. The molecule has 8 nitrogen and oxygen atoms in total. The molecule has 0 spiro atoms. The van der Waals surface area contributed by atoms with Gasteiger partial charge >= 0.3 is 6.09 Å². The zero-order valence-corrected chi connectivity index (χ0v) is 16.8. The van der Waals surface area contributed by atoms with Crippen molar-refractivity contribution in [1.29, 1.82) is 0 Å². The summed E-state index contributed by atoms with van der Waals surface area (Å²) in [7, 11) is 1.27. The summed E-state index contributed by atoms with van der Waals surface area (Å²) >= 11 is 0. The number of pyridine rings is 1. The van der Waals surface area contributed by atoms with Crippen molar-refractivity contribution in [2.24, 2.45) is 5.92 Å². The molecule has 0 aliphatic carbocycles. The summed E-state index contributed by atoms with van der Waals surface area (Å²) in [6, 6.07) is 12.6. The largest absolute Gasteiger partial charge is 0.453 e. The van der Waals surface area contributed by atoms with Gasteiger partial charge in [0.15, 0.2) is 5.65 Å². The van der Waals surface area contributed by atoms with Crippen molar-refractivity contribution in [3.63, 3.8) is 0 Å². The van der Waals surface area contributed by atoms with E-state index in [0.717, 1.165) is 17.0 Å². The summed E-state index contributed by atoms with van der Waals surface area (Å²) < 4.78 is 6.56. The van der Waals surface area contributed by atoms with Crippen LogP contribution in [0.2, 0.25) is 0 Å². The first-order valence-electron chi connectivity index (χ1n) is 9.49. The maximum atomic E-state index is 12.6. The van der Waals surface area contributed by atoms with Crippen LogP contribution in [0.5, 0.6) is 0 Å². The Kier molecular flexibility index (Phi) is 6.43. The Balaban J connectivity index is 1.65. The number of nitrogens with zero attached hydrogens (tertiary/aromatic N) is 3. The van der Waals surface area contributed by atoms with Crippen molar-refractivity contribution >= 4 is 23.3 Å². The molecule has 2 heterocycles. The lowest BCUT2D eigenvalue weighted by molar-refractivity contribution is -0.118. The van der Waals surface area contributed by atoms with Crippen LogP contribution in [0.15, 0.2) is 48.7 Å². The summed E-state index contributed by atoms with van der Waals surface area (Å²) in [5.41, 5.74) is 2.51. The number of aromatic nitrogens is 3. The van der Waals surface area contributed by atoms with Gasteiger partial charge in [-0.15, -0.1) is 10.2 Å². The van der Waals surface area contributed by atoms with Crippen molar-refractivity contribution < 1.29 is 14.3 Å². The lowest BCUT2D eigenvalue weighted by atomic mass is 10.0. The van der Waals surface area contributed by atoms with E-state index >= 15 is 0 Å². The average Bonchev–Trinajstić information content (AvgIpc) is 3.11. The fourth-order valence-corrected chi connectivity index (χ4v) is 3.03. The van der Waals surface area contributed by atoms with Gasteiger partial charge in [0.1, 0.15) is 11.9 Å². The maximum absolute atomic E-state index is 12.6. The third-order valence-electron chi connectivity index (χ3n) is 4.47. The molecular formula is C21H25N5O3. The Morgan fingerprint density at radius 3 is 2.55 bits per heavy atom. The highest BCUT2D eigenvalue weighted by atomic mass is 16.5. The van der Waals surface area contributed by atoms with Crippen LogP contribution in [0.25, 0.3) is 5.65 Å². The monoisotopic (exact) mass is 395 g/mol. The Hall–Kier alpha value is -3.42. The lowest BCUT2D eigenvalue weighted by Gasteiger charge is -2.19. The van der Waals surface area contributed by atoms with Gasteiger partial charge in [0, 0.05) is 18.3 Å². The van der Waals surface area contributed by atoms with Gasteiger partial charge < -0.3 is 15.4 Å². The predicted octanol–water partition coefficient (Wildman–Crippen LogP) is 3.03. The first kappa shape index (κ1) is 20.3. The molecule has 3 rings (SSSR count). The van der Waals surface area contributed by atoms with Crippen LogP contribution < -0.4 is 10.6 Å². The van der Waals surface area contributed by atoms with E-state index in [1.807, 2.05) is 66.9 Å². The topological polar surface area (TPSA) is 97.6 Å². The Morgan fingerprint density at radius 1 is 1.10 bits per heavy atom. The number of anilines is 1. The summed E-state index contributed by atoms with van der Waals surface area (Å²) in [5, 5.41) is 13.8. The molecular weight excluding hydrogens is 370 g/mol. The van der Waals surface area contributed by atoms with Crippen molar-refractivity contribution in [3.05, 3.63) is 60.0 Å². The molecule has 2 aromatic heterocycles. The van der Waals surface area contributed by atoms with Gasteiger partial charge in [0.05, 0.1) is 7.11 Å². The fourth-order valence-electron chi connectivity index (χ4n) is 3.03. The van der Waals surface area contributed by atoms with Crippen LogP contribution in [0.1, 0.15) is 31.7 Å². The van der Waals surface area contributed by atoms with Crippen molar-refractivity contribution in [2.45, 2.75) is 32.7 Å². The molecule has 0 radical (unpaired) electrons. The number of carbonyl (C=O) groups is 2. The molecule has 29 heavy (non-hydrogen) atoms. The third-order valence-corrected chi connectivity index (χ3v) is 4.47. The van der Waals surface area contributed by atoms with E-state index in [1.165, 1.54) is 7.11 Å². The minimum Gasteiger partial charge on any atom is -0.453 e. The molecule has 2 N–H and O–H groups in total. The number of benzene rings is 1. The van der Waals surface area contributed by atoms with E-state index in [9.17, 15) is 9.59 Å². The van der Waals surface area contributed by atoms with Crippen LogP contribution in [-0.4, -0.2) is 39.8 Å². The third kappa shape index (κ3) is 5.31. The molecule has 8 heteroatoms. The number of hydrogen-bond acceptors (Lipinski definition) is 5. The second-order valence-corrected chi connectivity index (χ2v) is 7.23. The van der Waals surface area contributed by atoms with Crippen LogP contribution in [0, 0.1) is 5.92 Å². The molecule has 0 saturated heterocycles. The number of carbonyl (C=O) groups excluding carboxylic acids is 2. The van der Waals surface area contributed by atoms with Crippen molar-refractivity contribution in [2.75, 3.05) is 12.4 Å². The molecule has 1 aromatic carbocycles. The van der Waals surface area contributed by atoms with Gasteiger partial charge in [-0.2, -0.15) is 0 Å². The Labute approximate surface area is 169 Å². The molecule has 0 aliphatic heterocycles. The van der Waals surface area contributed by atoms with Gasteiger partial charge in [-0.25, -0.2) is 4.79 Å². The first-order valence-corrected chi connectivity index (χ1v) is 9.49. The number of methoxy groups -OCH3 is 1. The van der Waals surface area contributed by atoms with E-state index in [4.69, 9.17) is 0 Å². The van der Waals surface area contributed by atoms with Crippen LogP contribution in [-0.2, 0) is 16.0 Å². The molecule has 1 atom stereocenters. The Morgan fingerprint density at radius 2 is 1.86 bits per heavy atom. The van der Waals surface area contributed by atoms with E-state index < -0.39 is 12.1 Å². The number of hydrogen-bond donors (Lipinski definition) is 2. The SMILES string of the molecule is COC(=O)N[C@@H](CC(C)C)C(=O)Nc1ccc(Cc2nnc3ccccn23)cc1. The second kappa shape index (κ2) is 9.18. The van der Waals surface area contributed by atoms with Gasteiger partial charge in [-0.3, -0.25) is 9.20 Å². The quantitative estimate of drug-likeness (QED) is 0.641. The number of alkyl carbamates (subject to hydrolysis) is 1. The number of amides is 2. The molecule has 3 aromatic rings. The minimum absolute atomic E-state index is 0.239. The van der Waals surface area contributed by atoms with E-state index in [1.54, 1.807) is 0 Å². The molecule has 0 saturated carbocycles. The van der Waals surface area contributed by atoms with E-state index in [0.29, 0.717) is 18.5 Å². The van der Waals surface area contributed by atoms with Crippen molar-refractivity contribution in [3.8, 4) is 0 Å². The lowest BCUT2D eigenvalue weighted by Crippen LogP contribution is -2.44. The summed E-state index contributed by atoms with van der Waals surface area (Å²) in [6.07, 6.45) is 2.45. The fraction of sp³-hybridized carbons (Fsp3) is 0.333. The molecule has 0 fully saturated rings. The van der Waals surface area contributed by atoms with Gasteiger partial charge in [0.2, 0.25) is 5.91 Å². The van der Waals surface area contributed by atoms with Gasteiger partial charge in [-0.1, -0.05) is 32.0 Å². The zero-order chi connectivity index (χ0) is 20.8. The molecule has 0 unspecified atom stereocenters. The Bertz CT molecular complexity index is 981. The summed E-state index contributed by atoms with van der Waals surface area (Å²) in [5.74, 6) is 0.806. The van der Waals surface area contributed by atoms with Crippen LogP contribution >= 0.6 is 0 Å². The van der Waals surface area contributed by atoms with Crippen LogP contribution in [0.4, 0.5) is 10.5 Å². The predicted molar refractivity (Wildman–Crippen MR) is 110 cm³/mol. The normalized spacial score (nSPS) is 12.0. The van der Waals surface area contributed by atoms with E-state index in [2.05, 4.69) is 25.6 Å². The summed E-state index contributed by atoms with van der Waals surface area (Å²) in [4.78, 5) is 24.1. The van der Waals surface area contributed by atoms with Crippen LogP contribution in [0.3, 0.4) is 0 Å². The highest BCUT2D eigenvalue weighted by Gasteiger charge is 2.22. The number of rotatable bonds is 7. The van der Waals surface area contributed by atoms with Crippen molar-refractivity contribution in [1.82, 2.24) is 19.9 Å². The second-order valence-electron chi connectivity index (χ2n) is 7.23. The molecule has 152 valence electrons. The zero-order valence-electron chi connectivity index (χ0n) is 16.8. The first-order chi connectivity index (χ1) is 14.0. The highest BCUT2D eigenvalue weighted by Crippen LogP contribution is 2.15. The number of nitrogens with one attached hydrogen (secondary N) is 2. The highest BCUT2D eigenvalue weighted by molar-refractivity contribution is 5.96. The van der Waals surface area contributed by atoms with Gasteiger partial charge in [0.25, 0.3) is 0 Å². The van der Waals surface area contributed by atoms with Gasteiger partial charge in [-0.05, 0) is 42.2 Å². The number of ether oxygens (including phenoxy) is 1. The standard InChI is InChI=1S/C21H25N5O3/c1-14(2)12-17(23-21(28)29-3)20(27)22-16-9-7-15(8-10-16)13-19-25-24-18-6-4-5-11-26(18)19/h4-11,14,17H,12-13H2,1-3H3,(H,22,27)(H,23,28)/t17-/m0/s1.